The van der Waals surface area contributed by atoms with E-state index in [1.165, 1.54) is 19.4 Å². The number of pyridine rings is 1. The molecule has 0 aromatic carbocycles. The van der Waals surface area contributed by atoms with Crippen molar-refractivity contribution in [3.8, 4) is 0 Å². The summed E-state index contributed by atoms with van der Waals surface area (Å²) in [5.74, 6) is 0.00280. The molecule has 0 atom stereocenters. The molecule has 7 heteroatoms. The number of carbonyl (C=O) groups is 1. The molecule has 0 radical (unpaired) electrons. The summed E-state index contributed by atoms with van der Waals surface area (Å²) in [5.41, 5.74) is 0.485. The van der Waals surface area contributed by atoms with Gasteiger partial charge in [-0.25, -0.2) is 4.98 Å². The Bertz CT molecular complexity index is 476. The minimum Gasteiger partial charge on any atom is -0.468 e. The molecular formula is C12H17N3O4. The van der Waals surface area contributed by atoms with Crippen LogP contribution in [0, 0.1) is 17.0 Å². The second-order valence-corrected chi connectivity index (χ2v) is 4.08. The Morgan fingerprint density at radius 3 is 2.79 bits per heavy atom. The lowest BCUT2D eigenvalue weighted by atomic mass is 10.2. The number of nitrogens with zero attached hydrogens (tertiary/aromatic N) is 3. The fourth-order valence-electron chi connectivity index (χ4n) is 1.64. The average Bonchev–Trinajstić information content (AvgIpc) is 2.38. The van der Waals surface area contributed by atoms with Gasteiger partial charge in [-0.05, 0) is 13.3 Å². The van der Waals surface area contributed by atoms with Crippen LogP contribution in [0.1, 0.15) is 18.9 Å². The van der Waals surface area contributed by atoms with E-state index in [9.17, 15) is 14.9 Å². The third-order valence-corrected chi connectivity index (χ3v) is 2.62. The van der Waals surface area contributed by atoms with Gasteiger partial charge in [-0.1, -0.05) is 6.92 Å². The average molecular weight is 267 g/mol. The maximum Gasteiger partial charge on any atom is 0.325 e. The van der Waals surface area contributed by atoms with E-state index in [-0.39, 0.29) is 12.2 Å². The third-order valence-electron chi connectivity index (χ3n) is 2.62. The molecule has 0 aliphatic carbocycles. The Morgan fingerprint density at radius 2 is 2.26 bits per heavy atom. The molecule has 0 bridgehead atoms. The number of ether oxygens (including phenoxy) is 1. The maximum absolute atomic E-state index is 11.3. The number of aromatic nitrogens is 1. The molecule has 0 unspecified atom stereocenters. The first-order chi connectivity index (χ1) is 8.99. The van der Waals surface area contributed by atoms with Crippen molar-refractivity contribution in [2.45, 2.75) is 20.3 Å². The molecule has 0 saturated heterocycles. The lowest BCUT2D eigenvalue weighted by Gasteiger charge is -2.21. The SMILES string of the molecule is CCCN(CC(=O)OC)c1cc([N+](=O)[O-])c(C)cn1. The number of esters is 1. The Balaban J connectivity index is 3.05. The number of methoxy groups -OCH3 is 1. The largest absolute Gasteiger partial charge is 0.468 e. The van der Waals surface area contributed by atoms with Crippen LogP contribution in [0.5, 0.6) is 0 Å². The van der Waals surface area contributed by atoms with Gasteiger partial charge < -0.3 is 9.64 Å². The second-order valence-electron chi connectivity index (χ2n) is 4.08. The predicted molar refractivity (Wildman–Crippen MR) is 70.1 cm³/mol. The van der Waals surface area contributed by atoms with Crippen LogP contribution in [-0.2, 0) is 9.53 Å². The van der Waals surface area contributed by atoms with Gasteiger partial charge in [0.2, 0.25) is 0 Å². The van der Waals surface area contributed by atoms with Crippen LogP contribution >= 0.6 is 0 Å². The van der Waals surface area contributed by atoms with Crippen LogP contribution in [0.25, 0.3) is 0 Å². The molecule has 0 aliphatic rings. The molecule has 0 saturated carbocycles. The number of carbonyl (C=O) groups excluding carboxylic acids is 1. The first kappa shape index (κ1) is 14.9. The zero-order chi connectivity index (χ0) is 14.4. The topological polar surface area (TPSA) is 85.6 Å². The monoisotopic (exact) mass is 267 g/mol. The number of anilines is 1. The van der Waals surface area contributed by atoms with Gasteiger partial charge in [0, 0.05) is 18.3 Å². The van der Waals surface area contributed by atoms with Crippen LogP contribution in [0.4, 0.5) is 11.5 Å². The van der Waals surface area contributed by atoms with Gasteiger partial charge in [-0.2, -0.15) is 0 Å². The Hall–Kier alpha value is -2.18. The van der Waals surface area contributed by atoms with Crippen molar-refractivity contribution in [2.24, 2.45) is 0 Å². The van der Waals surface area contributed by atoms with Gasteiger partial charge in [-0.15, -0.1) is 0 Å². The molecule has 7 nitrogen and oxygen atoms in total. The summed E-state index contributed by atoms with van der Waals surface area (Å²) in [6, 6.07) is 1.38. The highest BCUT2D eigenvalue weighted by Gasteiger charge is 2.17. The predicted octanol–water partition coefficient (Wildman–Crippen LogP) is 1.69. The summed E-state index contributed by atoms with van der Waals surface area (Å²) >= 11 is 0. The molecular weight excluding hydrogens is 250 g/mol. The highest BCUT2D eigenvalue weighted by molar-refractivity contribution is 5.75. The molecule has 1 aromatic rings. The lowest BCUT2D eigenvalue weighted by molar-refractivity contribution is -0.385. The van der Waals surface area contributed by atoms with Crippen molar-refractivity contribution < 1.29 is 14.5 Å². The fourth-order valence-corrected chi connectivity index (χ4v) is 1.64. The van der Waals surface area contributed by atoms with Crippen molar-refractivity contribution in [3.63, 3.8) is 0 Å². The van der Waals surface area contributed by atoms with Crippen LogP contribution in [0.3, 0.4) is 0 Å². The second kappa shape index (κ2) is 6.67. The molecule has 1 heterocycles. The van der Waals surface area contributed by atoms with E-state index in [1.807, 2.05) is 6.92 Å². The number of rotatable bonds is 6. The van der Waals surface area contributed by atoms with E-state index in [2.05, 4.69) is 9.72 Å². The summed E-state index contributed by atoms with van der Waals surface area (Å²) in [6.45, 7) is 4.17. The lowest BCUT2D eigenvalue weighted by Crippen LogP contribution is -2.32. The van der Waals surface area contributed by atoms with Gasteiger partial charge >= 0.3 is 5.97 Å². The van der Waals surface area contributed by atoms with Gasteiger partial charge in [-0.3, -0.25) is 14.9 Å². The van der Waals surface area contributed by atoms with Gasteiger partial charge in [0.1, 0.15) is 12.4 Å². The number of hydrogen-bond donors (Lipinski definition) is 0. The molecule has 0 amide bonds. The smallest absolute Gasteiger partial charge is 0.325 e. The van der Waals surface area contributed by atoms with E-state index in [4.69, 9.17) is 0 Å². The molecule has 1 rings (SSSR count). The van der Waals surface area contributed by atoms with Crippen molar-refractivity contribution in [1.29, 1.82) is 0 Å². The minimum atomic E-state index is -0.456. The van der Waals surface area contributed by atoms with Gasteiger partial charge in [0.05, 0.1) is 18.1 Å². The molecule has 0 spiro atoms. The molecule has 104 valence electrons. The molecule has 1 aromatic heterocycles. The first-order valence-corrected chi connectivity index (χ1v) is 5.92. The quantitative estimate of drug-likeness (QED) is 0.443. The number of aryl methyl sites for hydroxylation is 1. The summed E-state index contributed by atoms with van der Waals surface area (Å²) in [5, 5.41) is 10.9. The van der Waals surface area contributed by atoms with Crippen molar-refractivity contribution in [3.05, 3.63) is 27.9 Å². The zero-order valence-electron chi connectivity index (χ0n) is 11.3. The molecule has 0 fully saturated rings. The zero-order valence-corrected chi connectivity index (χ0v) is 11.3. The highest BCUT2D eigenvalue weighted by Crippen LogP contribution is 2.22. The van der Waals surface area contributed by atoms with Gasteiger partial charge in [0.25, 0.3) is 5.69 Å². The summed E-state index contributed by atoms with van der Waals surface area (Å²) in [6.07, 6.45) is 2.23. The Morgan fingerprint density at radius 1 is 1.58 bits per heavy atom. The van der Waals surface area contributed by atoms with Crippen LogP contribution in [0.2, 0.25) is 0 Å². The van der Waals surface area contributed by atoms with Crippen LogP contribution in [-0.4, -0.2) is 36.1 Å². The maximum atomic E-state index is 11.3. The van der Waals surface area contributed by atoms with Crippen molar-refractivity contribution >= 4 is 17.5 Å². The van der Waals surface area contributed by atoms with E-state index < -0.39 is 10.9 Å². The number of hydrogen-bond acceptors (Lipinski definition) is 6. The van der Waals surface area contributed by atoms with Crippen LogP contribution in [0.15, 0.2) is 12.3 Å². The fraction of sp³-hybridized carbons (Fsp3) is 0.500. The standard InChI is InChI=1S/C12H17N3O4/c1-4-5-14(8-12(16)19-3)11-6-10(15(17)18)9(2)7-13-11/h6-7H,4-5,8H2,1-3H3. The third kappa shape index (κ3) is 3.90. The van der Waals surface area contributed by atoms with Crippen molar-refractivity contribution in [2.75, 3.05) is 25.1 Å². The van der Waals surface area contributed by atoms with Crippen LogP contribution < -0.4 is 4.90 Å². The normalized spacial score (nSPS) is 10.1. The van der Waals surface area contributed by atoms with E-state index in [1.54, 1.807) is 11.8 Å². The Labute approximate surface area is 111 Å². The molecule has 0 aliphatic heterocycles. The number of nitro groups is 1. The summed E-state index contributed by atoms with van der Waals surface area (Å²) < 4.78 is 4.61. The van der Waals surface area contributed by atoms with E-state index in [0.29, 0.717) is 17.9 Å². The van der Waals surface area contributed by atoms with E-state index >= 15 is 0 Å². The Kier molecular flexibility index (Phi) is 5.23. The summed E-state index contributed by atoms with van der Waals surface area (Å²) in [4.78, 5) is 27.6. The summed E-state index contributed by atoms with van der Waals surface area (Å²) in [7, 11) is 1.30. The minimum absolute atomic E-state index is 0.00373. The molecule has 19 heavy (non-hydrogen) atoms. The van der Waals surface area contributed by atoms with Crippen molar-refractivity contribution in [1.82, 2.24) is 4.98 Å². The van der Waals surface area contributed by atoms with E-state index in [0.717, 1.165) is 6.42 Å². The molecule has 0 N–H and O–H groups in total. The van der Waals surface area contributed by atoms with Gasteiger partial charge in [0.15, 0.2) is 0 Å². The first-order valence-electron chi connectivity index (χ1n) is 5.92. The highest BCUT2D eigenvalue weighted by atomic mass is 16.6.